The zero-order valence-electron chi connectivity index (χ0n) is 5.64. The Balaban J connectivity index is 2.50. The van der Waals surface area contributed by atoms with Crippen molar-refractivity contribution in [3.8, 4) is 0 Å². The van der Waals surface area contributed by atoms with Crippen LogP contribution in [0.3, 0.4) is 0 Å². The minimum Gasteiger partial charge on any atom is -0.310 e. The van der Waals surface area contributed by atoms with E-state index in [2.05, 4.69) is 18.5 Å². The van der Waals surface area contributed by atoms with Crippen molar-refractivity contribution >= 4 is 0 Å². The maximum absolute atomic E-state index is 3.75. The van der Waals surface area contributed by atoms with Gasteiger partial charge < -0.3 is 5.32 Å². The summed E-state index contributed by atoms with van der Waals surface area (Å²) in [5, 5.41) is 3.32. The van der Waals surface area contributed by atoms with E-state index in [1.807, 2.05) is 12.2 Å². The van der Waals surface area contributed by atoms with Gasteiger partial charge in [-0.15, -0.1) is 13.2 Å². The smallest absolute Gasteiger partial charge is 0.0310 e. The predicted octanol–water partition coefficient (Wildman–Crippen LogP) is 1.34. The van der Waals surface area contributed by atoms with Gasteiger partial charge in [-0.2, -0.15) is 0 Å². The second-order valence-corrected chi connectivity index (χ2v) is 2.40. The zero-order chi connectivity index (χ0) is 6.69. The first-order valence-corrected chi connectivity index (χ1v) is 3.37. The average molecular weight is 123 g/mol. The maximum Gasteiger partial charge on any atom is 0.0310 e. The Hall–Kier alpha value is -0.560. The highest BCUT2D eigenvalue weighted by molar-refractivity contribution is 5.02. The highest BCUT2D eigenvalue weighted by Crippen LogP contribution is 2.16. The molecule has 1 aliphatic rings. The Morgan fingerprint density at radius 2 is 2.11 bits per heavy atom. The Morgan fingerprint density at radius 3 is 2.56 bits per heavy atom. The van der Waals surface area contributed by atoms with Gasteiger partial charge in [0, 0.05) is 6.04 Å². The molecule has 9 heavy (non-hydrogen) atoms. The van der Waals surface area contributed by atoms with Gasteiger partial charge in [-0.25, -0.2) is 0 Å². The average Bonchev–Trinajstić information content (AvgIpc) is 2.33. The van der Waals surface area contributed by atoms with E-state index in [9.17, 15) is 0 Å². The molecule has 1 nitrogen and oxygen atoms in total. The topological polar surface area (TPSA) is 12.0 Å². The van der Waals surface area contributed by atoms with Crippen LogP contribution in [0.4, 0.5) is 0 Å². The summed E-state index contributed by atoms with van der Waals surface area (Å²) in [5.74, 6) is 0.613. The SMILES string of the molecule is C=CC1CCNC1C=C. The third kappa shape index (κ3) is 1.22. The molecule has 0 saturated carbocycles. The molecule has 0 spiro atoms. The van der Waals surface area contributed by atoms with Crippen molar-refractivity contribution in [1.29, 1.82) is 0 Å². The molecule has 2 atom stereocenters. The molecule has 0 aliphatic carbocycles. The van der Waals surface area contributed by atoms with E-state index in [1.54, 1.807) is 0 Å². The summed E-state index contributed by atoms with van der Waals surface area (Å²) >= 11 is 0. The van der Waals surface area contributed by atoms with Crippen LogP contribution in [0, 0.1) is 5.92 Å². The monoisotopic (exact) mass is 123 g/mol. The van der Waals surface area contributed by atoms with Gasteiger partial charge in [0.05, 0.1) is 0 Å². The quantitative estimate of drug-likeness (QED) is 0.546. The van der Waals surface area contributed by atoms with E-state index in [4.69, 9.17) is 0 Å². The van der Waals surface area contributed by atoms with E-state index in [-0.39, 0.29) is 0 Å². The normalized spacial score (nSPS) is 34.2. The summed E-state index contributed by atoms with van der Waals surface area (Å²) in [5.41, 5.74) is 0. The van der Waals surface area contributed by atoms with Crippen molar-refractivity contribution < 1.29 is 0 Å². The zero-order valence-corrected chi connectivity index (χ0v) is 5.64. The first kappa shape index (κ1) is 6.56. The van der Waals surface area contributed by atoms with E-state index < -0.39 is 0 Å². The largest absolute Gasteiger partial charge is 0.310 e. The highest BCUT2D eigenvalue weighted by Gasteiger charge is 2.20. The van der Waals surface area contributed by atoms with Crippen LogP contribution in [-0.2, 0) is 0 Å². The van der Waals surface area contributed by atoms with Gasteiger partial charge in [0.1, 0.15) is 0 Å². The second kappa shape index (κ2) is 2.83. The minimum absolute atomic E-state index is 0.475. The van der Waals surface area contributed by atoms with E-state index >= 15 is 0 Å². The summed E-state index contributed by atoms with van der Waals surface area (Å²) in [6.45, 7) is 8.59. The molecule has 0 aromatic rings. The molecule has 1 rings (SSSR count). The molecular formula is C8H13N. The molecule has 0 radical (unpaired) electrons. The van der Waals surface area contributed by atoms with Gasteiger partial charge in [0.15, 0.2) is 0 Å². The highest BCUT2D eigenvalue weighted by atomic mass is 14.9. The summed E-state index contributed by atoms with van der Waals surface area (Å²) in [4.78, 5) is 0. The lowest BCUT2D eigenvalue weighted by Gasteiger charge is -2.09. The molecule has 2 unspecified atom stereocenters. The van der Waals surface area contributed by atoms with E-state index in [0.717, 1.165) is 6.54 Å². The van der Waals surface area contributed by atoms with Crippen LogP contribution in [-0.4, -0.2) is 12.6 Å². The van der Waals surface area contributed by atoms with Crippen LogP contribution < -0.4 is 5.32 Å². The molecule has 0 aromatic carbocycles. The van der Waals surface area contributed by atoms with Crippen molar-refractivity contribution in [3.05, 3.63) is 25.3 Å². The molecule has 0 bridgehead atoms. The maximum atomic E-state index is 3.75. The number of nitrogens with one attached hydrogen (secondary N) is 1. The molecule has 1 aliphatic heterocycles. The van der Waals surface area contributed by atoms with Crippen LogP contribution in [0.1, 0.15) is 6.42 Å². The van der Waals surface area contributed by atoms with Crippen molar-refractivity contribution in [2.75, 3.05) is 6.54 Å². The van der Waals surface area contributed by atoms with E-state index in [1.165, 1.54) is 6.42 Å². The van der Waals surface area contributed by atoms with Gasteiger partial charge >= 0.3 is 0 Å². The molecule has 1 heteroatoms. The third-order valence-electron chi connectivity index (χ3n) is 1.88. The third-order valence-corrected chi connectivity index (χ3v) is 1.88. The predicted molar refractivity (Wildman–Crippen MR) is 40.3 cm³/mol. The second-order valence-electron chi connectivity index (χ2n) is 2.40. The van der Waals surface area contributed by atoms with Crippen LogP contribution in [0.2, 0.25) is 0 Å². The summed E-state index contributed by atoms with van der Waals surface area (Å²) in [6.07, 6.45) is 5.17. The number of hydrogen-bond acceptors (Lipinski definition) is 1. The Kier molecular flexibility index (Phi) is 2.06. The van der Waals surface area contributed by atoms with Crippen LogP contribution in [0.5, 0.6) is 0 Å². The van der Waals surface area contributed by atoms with Crippen molar-refractivity contribution in [2.45, 2.75) is 12.5 Å². The Labute approximate surface area is 56.5 Å². The lowest BCUT2D eigenvalue weighted by Crippen LogP contribution is -2.22. The molecule has 1 saturated heterocycles. The standard InChI is InChI=1S/C8H13N/c1-3-7-5-6-9-8(7)4-2/h3-4,7-9H,1-2,5-6H2. The molecular weight excluding hydrogens is 110 g/mol. The van der Waals surface area contributed by atoms with Gasteiger partial charge in [-0.3, -0.25) is 0 Å². The van der Waals surface area contributed by atoms with Crippen molar-refractivity contribution in [3.63, 3.8) is 0 Å². The minimum atomic E-state index is 0.475. The lowest BCUT2D eigenvalue weighted by atomic mass is 10.0. The molecule has 0 aromatic heterocycles. The van der Waals surface area contributed by atoms with Crippen molar-refractivity contribution in [2.24, 2.45) is 5.92 Å². The Bertz CT molecular complexity index is 104. The first-order valence-electron chi connectivity index (χ1n) is 3.37. The summed E-state index contributed by atoms with van der Waals surface area (Å²) < 4.78 is 0. The first-order chi connectivity index (χ1) is 4.38. The fourth-order valence-corrected chi connectivity index (χ4v) is 1.27. The summed E-state index contributed by atoms with van der Waals surface area (Å²) in [6, 6.07) is 0.475. The number of hydrogen-bond donors (Lipinski definition) is 1. The fraction of sp³-hybridized carbons (Fsp3) is 0.500. The molecule has 0 amide bonds. The fourth-order valence-electron chi connectivity index (χ4n) is 1.27. The lowest BCUT2D eigenvalue weighted by molar-refractivity contribution is 0.621. The van der Waals surface area contributed by atoms with Crippen molar-refractivity contribution in [1.82, 2.24) is 5.32 Å². The Morgan fingerprint density at radius 1 is 1.33 bits per heavy atom. The summed E-state index contributed by atoms with van der Waals surface area (Å²) in [7, 11) is 0. The molecule has 50 valence electrons. The van der Waals surface area contributed by atoms with E-state index in [0.29, 0.717) is 12.0 Å². The van der Waals surface area contributed by atoms with Crippen LogP contribution in [0.25, 0.3) is 0 Å². The molecule has 1 heterocycles. The van der Waals surface area contributed by atoms with Crippen LogP contribution in [0.15, 0.2) is 25.3 Å². The molecule has 1 fully saturated rings. The van der Waals surface area contributed by atoms with Crippen LogP contribution >= 0.6 is 0 Å². The molecule has 1 N–H and O–H groups in total. The van der Waals surface area contributed by atoms with Gasteiger partial charge in [-0.1, -0.05) is 12.2 Å². The number of rotatable bonds is 2. The van der Waals surface area contributed by atoms with Gasteiger partial charge in [0.25, 0.3) is 0 Å². The van der Waals surface area contributed by atoms with Gasteiger partial charge in [-0.05, 0) is 18.9 Å². The van der Waals surface area contributed by atoms with Gasteiger partial charge in [0.2, 0.25) is 0 Å².